The molecule has 0 aliphatic heterocycles. The number of rotatable bonds is 5. The number of aromatic amines is 1. The maximum Gasteiger partial charge on any atom is 0.259 e. The number of benzene rings is 1. The van der Waals surface area contributed by atoms with Gasteiger partial charge >= 0.3 is 0 Å². The number of amides is 1. The Hall–Kier alpha value is -2.84. The van der Waals surface area contributed by atoms with Crippen LogP contribution in [0.2, 0.25) is 0 Å². The first-order valence-corrected chi connectivity index (χ1v) is 8.34. The number of nitrogens with one attached hydrogen (secondary N) is 2. The van der Waals surface area contributed by atoms with Crippen LogP contribution in [-0.2, 0) is 6.54 Å². The van der Waals surface area contributed by atoms with Gasteiger partial charge in [-0.05, 0) is 37.1 Å². The van der Waals surface area contributed by atoms with E-state index in [2.05, 4.69) is 30.5 Å². The quantitative estimate of drug-likeness (QED) is 0.618. The summed E-state index contributed by atoms with van der Waals surface area (Å²) in [6, 6.07) is 7.29. The van der Waals surface area contributed by atoms with Crippen molar-refractivity contribution in [3.8, 4) is 11.4 Å². The molecule has 142 valence electrons. The zero-order chi connectivity index (χ0) is 18.7. The SMILES string of the molecule is Cc1ncc(C(=O)Nc2ccc(-c3n[nH]c(CN)n3)cc2)c(C(C)C)n1.Cl. The molecule has 0 spiro atoms. The van der Waals surface area contributed by atoms with Crippen LogP contribution in [0.1, 0.15) is 47.5 Å². The third kappa shape index (κ3) is 4.66. The first kappa shape index (κ1) is 20.5. The van der Waals surface area contributed by atoms with Crippen LogP contribution >= 0.6 is 12.4 Å². The highest BCUT2D eigenvalue weighted by molar-refractivity contribution is 6.05. The number of carbonyl (C=O) groups excluding carboxylic acids is 1. The summed E-state index contributed by atoms with van der Waals surface area (Å²) >= 11 is 0. The zero-order valence-electron chi connectivity index (χ0n) is 15.4. The van der Waals surface area contributed by atoms with Crippen LogP contribution in [0.25, 0.3) is 11.4 Å². The molecule has 0 saturated heterocycles. The number of halogens is 1. The maximum atomic E-state index is 12.6. The zero-order valence-corrected chi connectivity index (χ0v) is 16.2. The summed E-state index contributed by atoms with van der Waals surface area (Å²) in [6.45, 7) is 6.11. The van der Waals surface area contributed by atoms with E-state index in [9.17, 15) is 4.79 Å². The third-order valence-corrected chi connectivity index (χ3v) is 3.86. The van der Waals surface area contributed by atoms with E-state index in [4.69, 9.17) is 5.73 Å². The van der Waals surface area contributed by atoms with Gasteiger partial charge in [-0.25, -0.2) is 15.0 Å². The molecule has 9 heteroatoms. The Labute approximate surface area is 163 Å². The molecule has 0 aliphatic rings. The average molecular weight is 388 g/mol. The largest absolute Gasteiger partial charge is 0.324 e. The van der Waals surface area contributed by atoms with E-state index >= 15 is 0 Å². The summed E-state index contributed by atoms with van der Waals surface area (Å²) in [4.78, 5) is 25.4. The van der Waals surface area contributed by atoms with Gasteiger partial charge in [-0.2, -0.15) is 5.10 Å². The first-order chi connectivity index (χ1) is 12.5. The van der Waals surface area contributed by atoms with Gasteiger partial charge in [0.25, 0.3) is 5.91 Å². The lowest BCUT2D eigenvalue weighted by atomic mass is 10.0. The number of hydrogen-bond acceptors (Lipinski definition) is 6. The van der Waals surface area contributed by atoms with Crippen molar-refractivity contribution in [2.45, 2.75) is 33.2 Å². The fourth-order valence-corrected chi connectivity index (χ4v) is 2.52. The second kappa shape index (κ2) is 8.70. The molecule has 2 aromatic heterocycles. The van der Waals surface area contributed by atoms with Gasteiger partial charge in [0.15, 0.2) is 5.82 Å². The number of carbonyl (C=O) groups is 1. The highest BCUT2D eigenvalue weighted by Crippen LogP contribution is 2.21. The number of nitrogens with two attached hydrogens (primary N) is 1. The monoisotopic (exact) mass is 387 g/mol. The van der Waals surface area contributed by atoms with Gasteiger partial charge in [-0.15, -0.1) is 12.4 Å². The minimum atomic E-state index is -0.232. The van der Waals surface area contributed by atoms with Crippen LogP contribution in [0.4, 0.5) is 5.69 Å². The van der Waals surface area contributed by atoms with Crippen LogP contribution in [0.5, 0.6) is 0 Å². The van der Waals surface area contributed by atoms with Crippen LogP contribution < -0.4 is 11.1 Å². The molecule has 0 atom stereocenters. The Balaban J connectivity index is 0.00000261. The fraction of sp³-hybridized carbons (Fsp3) is 0.278. The van der Waals surface area contributed by atoms with Gasteiger partial charge in [-0.3, -0.25) is 9.89 Å². The molecule has 0 saturated carbocycles. The average Bonchev–Trinajstić information content (AvgIpc) is 3.11. The Morgan fingerprint density at radius 1 is 1.22 bits per heavy atom. The van der Waals surface area contributed by atoms with E-state index in [1.54, 1.807) is 18.3 Å². The second-order valence-corrected chi connectivity index (χ2v) is 6.21. The molecule has 3 rings (SSSR count). The molecule has 1 amide bonds. The number of hydrogen-bond donors (Lipinski definition) is 3. The Kier molecular flexibility index (Phi) is 6.59. The molecular weight excluding hydrogens is 366 g/mol. The van der Waals surface area contributed by atoms with Gasteiger partial charge in [0.2, 0.25) is 0 Å². The lowest BCUT2D eigenvalue weighted by molar-refractivity contribution is 0.102. The molecule has 3 aromatic rings. The first-order valence-electron chi connectivity index (χ1n) is 8.34. The normalized spacial score (nSPS) is 10.6. The van der Waals surface area contributed by atoms with Crippen molar-refractivity contribution in [1.82, 2.24) is 25.1 Å². The van der Waals surface area contributed by atoms with E-state index in [1.165, 1.54) is 0 Å². The van der Waals surface area contributed by atoms with Crippen LogP contribution in [-0.4, -0.2) is 31.1 Å². The van der Waals surface area contributed by atoms with Crippen molar-refractivity contribution < 1.29 is 4.79 Å². The molecule has 8 nitrogen and oxygen atoms in total. The fourth-order valence-electron chi connectivity index (χ4n) is 2.52. The predicted octanol–water partition coefficient (Wildman–Crippen LogP) is 2.83. The number of aryl methyl sites for hydroxylation is 1. The van der Waals surface area contributed by atoms with Crippen molar-refractivity contribution >= 4 is 24.0 Å². The molecule has 0 fully saturated rings. The van der Waals surface area contributed by atoms with Crippen LogP contribution in [0, 0.1) is 6.92 Å². The van der Waals surface area contributed by atoms with Gasteiger partial charge in [0.05, 0.1) is 17.8 Å². The van der Waals surface area contributed by atoms with E-state index in [1.807, 2.05) is 32.9 Å². The lowest BCUT2D eigenvalue weighted by Gasteiger charge is -2.12. The highest BCUT2D eigenvalue weighted by atomic mass is 35.5. The van der Waals surface area contributed by atoms with Crippen LogP contribution in [0.15, 0.2) is 30.5 Å². The Morgan fingerprint density at radius 2 is 1.93 bits per heavy atom. The van der Waals surface area contributed by atoms with E-state index in [0.717, 1.165) is 11.3 Å². The van der Waals surface area contributed by atoms with E-state index < -0.39 is 0 Å². The van der Waals surface area contributed by atoms with E-state index in [-0.39, 0.29) is 24.2 Å². The lowest BCUT2D eigenvalue weighted by Crippen LogP contribution is -2.17. The summed E-state index contributed by atoms with van der Waals surface area (Å²) in [5.41, 5.74) is 8.25. The Bertz CT molecular complexity index is 922. The van der Waals surface area contributed by atoms with Crippen molar-refractivity contribution in [1.29, 1.82) is 0 Å². The number of nitrogens with zero attached hydrogens (tertiary/aromatic N) is 4. The molecule has 0 bridgehead atoms. The van der Waals surface area contributed by atoms with Gasteiger partial charge in [-0.1, -0.05) is 13.8 Å². The Morgan fingerprint density at radius 3 is 2.52 bits per heavy atom. The topological polar surface area (TPSA) is 122 Å². The molecule has 1 aromatic carbocycles. The van der Waals surface area contributed by atoms with Gasteiger partial charge in [0, 0.05) is 17.4 Å². The summed E-state index contributed by atoms with van der Waals surface area (Å²) in [7, 11) is 0. The minimum absolute atomic E-state index is 0. The van der Waals surface area contributed by atoms with Crippen molar-refractivity contribution in [3.05, 3.63) is 53.4 Å². The number of anilines is 1. The molecular formula is C18H22ClN7O. The minimum Gasteiger partial charge on any atom is -0.324 e. The van der Waals surface area contributed by atoms with Gasteiger partial charge in [0.1, 0.15) is 11.6 Å². The second-order valence-electron chi connectivity index (χ2n) is 6.21. The summed E-state index contributed by atoms with van der Waals surface area (Å²) < 4.78 is 0. The van der Waals surface area contributed by atoms with Crippen molar-refractivity contribution in [2.24, 2.45) is 5.73 Å². The third-order valence-electron chi connectivity index (χ3n) is 3.86. The predicted molar refractivity (Wildman–Crippen MR) is 106 cm³/mol. The maximum absolute atomic E-state index is 12.6. The molecule has 0 unspecified atom stereocenters. The molecule has 4 N–H and O–H groups in total. The summed E-state index contributed by atoms with van der Waals surface area (Å²) in [5, 5.41) is 9.77. The van der Waals surface area contributed by atoms with Crippen molar-refractivity contribution in [2.75, 3.05) is 5.32 Å². The molecule has 27 heavy (non-hydrogen) atoms. The molecule has 0 radical (unpaired) electrons. The highest BCUT2D eigenvalue weighted by Gasteiger charge is 2.16. The standard InChI is InChI=1S/C18H21N7O.ClH/c1-10(2)16-14(9-20-11(3)21-16)18(26)22-13-6-4-12(5-7-13)17-23-15(8-19)24-25-17;/h4-7,9-10H,8,19H2,1-3H3,(H,22,26)(H,23,24,25);1H. The summed E-state index contributed by atoms with van der Waals surface area (Å²) in [5.74, 6) is 1.74. The smallest absolute Gasteiger partial charge is 0.259 e. The summed E-state index contributed by atoms with van der Waals surface area (Å²) in [6.07, 6.45) is 1.57. The number of H-pyrrole nitrogens is 1. The van der Waals surface area contributed by atoms with Crippen LogP contribution in [0.3, 0.4) is 0 Å². The number of aromatic nitrogens is 5. The van der Waals surface area contributed by atoms with E-state index in [0.29, 0.717) is 35.3 Å². The molecule has 0 aliphatic carbocycles. The molecule has 2 heterocycles. The van der Waals surface area contributed by atoms with Crippen molar-refractivity contribution in [3.63, 3.8) is 0 Å². The van der Waals surface area contributed by atoms with Gasteiger partial charge < -0.3 is 11.1 Å².